The van der Waals surface area contributed by atoms with E-state index in [1.54, 1.807) is 0 Å². The van der Waals surface area contributed by atoms with Gasteiger partial charge in [-0.1, -0.05) is 66.7 Å². The van der Waals surface area contributed by atoms with Crippen molar-refractivity contribution in [3.8, 4) is 0 Å². The van der Waals surface area contributed by atoms with Gasteiger partial charge in [0.15, 0.2) is 0 Å². The van der Waals surface area contributed by atoms with Crippen molar-refractivity contribution >= 4 is 12.6 Å². The lowest BCUT2D eigenvalue weighted by Crippen LogP contribution is -2.23. The van der Waals surface area contributed by atoms with Gasteiger partial charge in [0.25, 0.3) is 0 Å². The number of rotatable bonds is 2. The van der Waals surface area contributed by atoms with Crippen LogP contribution in [0.5, 0.6) is 0 Å². The van der Waals surface area contributed by atoms with Crippen molar-refractivity contribution in [2.75, 3.05) is 0 Å². The Kier molecular flexibility index (Phi) is 9.47. The summed E-state index contributed by atoms with van der Waals surface area (Å²) in [7, 11) is 0. The van der Waals surface area contributed by atoms with Gasteiger partial charge in [-0.2, -0.15) is 12.6 Å². The molecule has 0 unspecified atom stereocenters. The highest BCUT2D eigenvalue weighted by atomic mass is 32.1. The molecule has 1 heteroatoms. The summed E-state index contributed by atoms with van der Waals surface area (Å²) in [6.07, 6.45) is 13.8. The van der Waals surface area contributed by atoms with Crippen LogP contribution in [-0.4, -0.2) is 4.75 Å². The minimum atomic E-state index is 0.431. The topological polar surface area (TPSA) is 0 Å². The van der Waals surface area contributed by atoms with E-state index in [0.29, 0.717) is 4.75 Å². The van der Waals surface area contributed by atoms with Gasteiger partial charge in [-0.3, -0.25) is 0 Å². The van der Waals surface area contributed by atoms with Crippen molar-refractivity contribution < 1.29 is 0 Å². The summed E-state index contributed by atoms with van der Waals surface area (Å²) < 4.78 is 0.431. The third-order valence-corrected chi connectivity index (χ3v) is 5.37. The molecule has 0 aliphatic heterocycles. The second kappa shape index (κ2) is 9.28. The van der Waals surface area contributed by atoms with Crippen molar-refractivity contribution in [3.05, 3.63) is 0 Å². The molecule has 0 amide bonds. The smallest absolute Gasteiger partial charge is 0.0127 e. The van der Waals surface area contributed by atoms with E-state index < -0.39 is 0 Å². The zero-order valence-corrected chi connectivity index (χ0v) is 14.4. The molecule has 0 spiro atoms. The zero-order valence-electron chi connectivity index (χ0n) is 13.5. The van der Waals surface area contributed by atoms with E-state index >= 15 is 0 Å². The van der Waals surface area contributed by atoms with Gasteiger partial charge in [0.1, 0.15) is 0 Å². The van der Waals surface area contributed by atoms with Crippen molar-refractivity contribution in [2.24, 2.45) is 5.41 Å². The Morgan fingerprint density at radius 3 is 1.33 bits per heavy atom. The van der Waals surface area contributed by atoms with Crippen molar-refractivity contribution in [1.29, 1.82) is 0 Å². The van der Waals surface area contributed by atoms with Crippen LogP contribution in [0.15, 0.2) is 0 Å². The highest BCUT2D eigenvalue weighted by Crippen LogP contribution is 2.42. The third-order valence-electron chi connectivity index (χ3n) is 4.61. The van der Waals surface area contributed by atoms with Crippen LogP contribution in [0, 0.1) is 5.41 Å². The zero-order chi connectivity index (χ0) is 14.1. The maximum absolute atomic E-state index is 4.58. The molecule has 0 aromatic carbocycles. The van der Waals surface area contributed by atoms with Gasteiger partial charge in [0.05, 0.1) is 0 Å². The highest BCUT2D eigenvalue weighted by Gasteiger charge is 2.28. The molecule has 2 saturated carbocycles. The van der Waals surface area contributed by atoms with Crippen LogP contribution in [0.2, 0.25) is 0 Å². The standard InChI is InChI=1S/C7H14S.C7H14.C3H8/c1-2-7(8)5-3-4-6-7;1-3-7(2)5-4-6-7;1-3-2/h8H,2-6H2,1H3;3-6H2,1-2H3;3H2,1-2H3. The second-order valence-corrected chi connectivity index (χ2v) is 7.46. The molecule has 0 radical (unpaired) electrons. The largest absolute Gasteiger partial charge is 0.173 e. The molecule has 0 heterocycles. The van der Waals surface area contributed by atoms with Crippen LogP contribution < -0.4 is 0 Å². The predicted molar refractivity (Wildman–Crippen MR) is 88.7 cm³/mol. The first kappa shape index (κ1) is 18.4. The Bertz CT molecular complexity index is 182. The first-order chi connectivity index (χ1) is 8.45. The van der Waals surface area contributed by atoms with Crippen LogP contribution in [0.1, 0.15) is 98.8 Å². The molecule has 2 aliphatic carbocycles. The summed E-state index contributed by atoms with van der Waals surface area (Å²) in [6.45, 7) is 11.2. The molecule has 110 valence electrons. The summed E-state index contributed by atoms with van der Waals surface area (Å²) in [5.41, 5.74) is 0.764. The first-order valence-corrected chi connectivity index (χ1v) is 8.62. The lowest BCUT2D eigenvalue weighted by Gasteiger charge is -2.37. The Labute approximate surface area is 122 Å². The van der Waals surface area contributed by atoms with Gasteiger partial charge in [-0.15, -0.1) is 0 Å². The molecular weight excluding hydrogens is 236 g/mol. The van der Waals surface area contributed by atoms with Gasteiger partial charge >= 0.3 is 0 Å². The molecule has 2 aliphatic rings. The van der Waals surface area contributed by atoms with Crippen LogP contribution in [0.25, 0.3) is 0 Å². The van der Waals surface area contributed by atoms with E-state index in [9.17, 15) is 0 Å². The molecule has 2 fully saturated rings. The van der Waals surface area contributed by atoms with Crippen LogP contribution in [-0.2, 0) is 0 Å². The molecular formula is C17H36S. The molecule has 0 aromatic heterocycles. The Morgan fingerprint density at radius 2 is 1.22 bits per heavy atom. The number of hydrogen-bond acceptors (Lipinski definition) is 1. The maximum Gasteiger partial charge on any atom is 0.0127 e. The quantitative estimate of drug-likeness (QED) is 0.535. The molecule has 18 heavy (non-hydrogen) atoms. The van der Waals surface area contributed by atoms with Gasteiger partial charge < -0.3 is 0 Å². The second-order valence-electron chi connectivity index (χ2n) is 6.51. The maximum atomic E-state index is 4.58. The fourth-order valence-electron chi connectivity index (χ4n) is 2.52. The van der Waals surface area contributed by atoms with Crippen molar-refractivity contribution in [1.82, 2.24) is 0 Å². The number of hydrogen-bond donors (Lipinski definition) is 1. The SMILES string of the molecule is CCC.CCC1(C)CCC1.CCC1(S)CCCC1. The average molecular weight is 273 g/mol. The normalized spacial score (nSPS) is 23.0. The molecule has 2 rings (SSSR count). The van der Waals surface area contributed by atoms with E-state index in [-0.39, 0.29) is 0 Å². The minimum absolute atomic E-state index is 0.431. The monoisotopic (exact) mass is 272 g/mol. The Morgan fingerprint density at radius 1 is 0.778 bits per heavy atom. The van der Waals surface area contributed by atoms with Crippen LogP contribution >= 0.6 is 12.6 Å². The predicted octanol–water partition coefficient (Wildman–Crippen LogP) is 6.64. The van der Waals surface area contributed by atoms with E-state index in [1.807, 2.05) is 0 Å². The molecule has 0 bridgehead atoms. The fourth-order valence-corrected chi connectivity index (χ4v) is 2.84. The molecule has 0 nitrogen and oxygen atoms in total. The molecule has 0 saturated heterocycles. The summed E-state index contributed by atoms with van der Waals surface area (Å²) in [6, 6.07) is 0. The average Bonchev–Trinajstić information content (AvgIpc) is 2.76. The molecule has 0 aromatic rings. The van der Waals surface area contributed by atoms with E-state index in [2.05, 4.69) is 47.2 Å². The minimum Gasteiger partial charge on any atom is -0.173 e. The lowest BCUT2D eigenvalue weighted by atomic mass is 9.69. The summed E-state index contributed by atoms with van der Waals surface area (Å²) in [5.74, 6) is 0. The Balaban J connectivity index is 0.000000267. The highest BCUT2D eigenvalue weighted by molar-refractivity contribution is 7.81. The number of thiol groups is 1. The third kappa shape index (κ3) is 7.07. The van der Waals surface area contributed by atoms with Gasteiger partial charge in [-0.05, 0) is 37.5 Å². The van der Waals surface area contributed by atoms with Gasteiger partial charge in [-0.25, -0.2) is 0 Å². The van der Waals surface area contributed by atoms with E-state index in [4.69, 9.17) is 0 Å². The Hall–Kier alpha value is 0.350. The van der Waals surface area contributed by atoms with Crippen LogP contribution in [0.4, 0.5) is 0 Å². The fraction of sp³-hybridized carbons (Fsp3) is 1.00. The summed E-state index contributed by atoms with van der Waals surface area (Å²) in [5, 5.41) is 0. The lowest BCUT2D eigenvalue weighted by molar-refractivity contribution is 0.155. The van der Waals surface area contributed by atoms with Crippen molar-refractivity contribution in [2.45, 2.75) is 104 Å². The molecule has 0 atom stereocenters. The van der Waals surface area contributed by atoms with Gasteiger partial charge in [0.2, 0.25) is 0 Å². The van der Waals surface area contributed by atoms with E-state index in [0.717, 1.165) is 5.41 Å². The summed E-state index contributed by atoms with van der Waals surface area (Å²) >= 11 is 4.58. The summed E-state index contributed by atoms with van der Waals surface area (Å²) in [4.78, 5) is 0. The van der Waals surface area contributed by atoms with E-state index in [1.165, 1.54) is 64.2 Å². The van der Waals surface area contributed by atoms with Crippen molar-refractivity contribution in [3.63, 3.8) is 0 Å². The first-order valence-electron chi connectivity index (χ1n) is 8.17. The van der Waals surface area contributed by atoms with Gasteiger partial charge in [0, 0.05) is 4.75 Å². The van der Waals surface area contributed by atoms with Crippen LogP contribution in [0.3, 0.4) is 0 Å². The molecule has 0 N–H and O–H groups in total.